The van der Waals surface area contributed by atoms with Crippen LogP contribution < -0.4 is 10.9 Å². The number of nitrogens with one attached hydrogen (secondary N) is 1. The van der Waals surface area contributed by atoms with Gasteiger partial charge in [-0.1, -0.05) is 62.7 Å². The number of hydrogen-bond acceptors (Lipinski definition) is 5. The van der Waals surface area contributed by atoms with Crippen LogP contribution in [-0.2, 0) is 17.8 Å². The number of carbonyl (C=O) groups excluding carboxylic acids is 1. The second-order valence-corrected chi connectivity index (χ2v) is 9.41. The normalized spacial score (nSPS) is 12.3. The molecule has 1 unspecified atom stereocenters. The lowest BCUT2D eigenvalue weighted by molar-refractivity contribution is -0.115. The van der Waals surface area contributed by atoms with E-state index < -0.39 is 5.25 Å². The summed E-state index contributed by atoms with van der Waals surface area (Å²) in [5, 5.41) is 12.5. The fourth-order valence-electron chi connectivity index (χ4n) is 3.81. The van der Waals surface area contributed by atoms with Crippen molar-refractivity contribution >= 4 is 40.0 Å². The zero-order chi connectivity index (χ0) is 23.4. The fourth-order valence-corrected chi connectivity index (χ4v) is 4.67. The van der Waals surface area contributed by atoms with Gasteiger partial charge in [0.25, 0.3) is 5.56 Å². The summed E-state index contributed by atoms with van der Waals surface area (Å²) < 4.78 is 3.60. The van der Waals surface area contributed by atoms with Crippen molar-refractivity contribution in [2.24, 2.45) is 0 Å². The molecule has 1 atom stereocenters. The maximum Gasteiger partial charge on any atom is 0.262 e. The van der Waals surface area contributed by atoms with Gasteiger partial charge in [-0.2, -0.15) is 0 Å². The van der Waals surface area contributed by atoms with E-state index >= 15 is 0 Å². The van der Waals surface area contributed by atoms with E-state index in [1.54, 1.807) is 4.57 Å². The van der Waals surface area contributed by atoms with E-state index in [1.165, 1.54) is 17.3 Å². The molecule has 4 rings (SSSR count). The van der Waals surface area contributed by atoms with Gasteiger partial charge in [-0.25, -0.2) is 0 Å². The molecule has 0 aliphatic carbocycles. The first-order valence-electron chi connectivity index (χ1n) is 11.5. The molecular weight excluding hydrogens is 434 g/mol. The zero-order valence-electron chi connectivity index (χ0n) is 19.2. The molecule has 2 aromatic heterocycles. The molecule has 1 N–H and O–H groups in total. The Labute approximate surface area is 197 Å². The van der Waals surface area contributed by atoms with Crippen molar-refractivity contribution in [1.82, 2.24) is 19.2 Å². The number of para-hydroxylation sites is 1. The Morgan fingerprint density at radius 2 is 1.82 bits per heavy atom. The van der Waals surface area contributed by atoms with Crippen molar-refractivity contribution in [2.75, 3.05) is 5.32 Å². The first-order chi connectivity index (χ1) is 16.0. The van der Waals surface area contributed by atoms with Crippen LogP contribution in [0.2, 0.25) is 0 Å². The molecule has 0 spiro atoms. The van der Waals surface area contributed by atoms with Gasteiger partial charge in [-0.15, -0.1) is 10.2 Å². The molecule has 0 aliphatic heterocycles. The average Bonchev–Trinajstić information content (AvgIpc) is 3.25. The van der Waals surface area contributed by atoms with Gasteiger partial charge in [0.2, 0.25) is 11.7 Å². The summed E-state index contributed by atoms with van der Waals surface area (Å²) in [5.74, 6) is 0.404. The highest BCUT2D eigenvalue weighted by atomic mass is 32.2. The highest BCUT2D eigenvalue weighted by Gasteiger charge is 2.21. The summed E-state index contributed by atoms with van der Waals surface area (Å²) >= 11 is 1.33. The van der Waals surface area contributed by atoms with Crippen LogP contribution in [0.4, 0.5) is 5.69 Å². The lowest BCUT2D eigenvalue weighted by Gasteiger charge is -2.13. The van der Waals surface area contributed by atoms with Crippen molar-refractivity contribution < 1.29 is 4.79 Å². The van der Waals surface area contributed by atoms with Crippen LogP contribution in [-0.4, -0.2) is 30.3 Å². The van der Waals surface area contributed by atoms with E-state index in [2.05, 4.69) is 29.4 Å². The Balaban J connectivity index is 1.64. The molecule has 4 aromatic rings. The molecule has 0 aliphatic rings. The van der Waals surface area contributed by atoms with Crippen LogP contribution >= 0.6 is 11.8 Å². The predicted octanol–water partition coefficient (Wildman–Crippen LogP) is 4.92. The third-order valence-corrected chi connectivity index (χ3v) is 6.79. The Kier molecular flexibility index (Phi) is 7.13. The summed E-state index contributed by atoms with van der Waals surface area (Å²) in [5.41, 5.74) is 2.69. The first kappa shape index (κ1) is 23.0. The van der Waals surface area contributed by atoms with E-state index in [0.29, 0.717) is 22.9 Å². The molecule has 0 saturated heterocycles. The van der Waals surface area contributed by atoms with Crippen molar-refractivity contribution in [2.45, 2.75) is 63.4 Å². The third-order valence-electron chi connectivity index (χ3n) is 5.74. The number of aromatic nitrogens is 4. The average molecular weight is 464 g/mol. The highest BCUT2D eigenvalue weighted by molar-refractivity contribution is 8.00. The molecule has 0 radical (unpaired) electrons. The molecule has 33 heavy (non-hydrogen) atoms. The Hall–Kier alpha value is -3.13. The highest BCUT2D eigenvalue weighted by Crippen LogP contribution is 2.26. The molecular formula is C25H29N5O2S. The number of hydrogen-bond donors (Lipinski definition) is 1. The lowest BCUT2D eigenvalue weighted by atomic mass is 10.1. The minimum absolute atomic E-state index is 0.0560. The molecule has 0 fully saturated rings. The summed E-state index contributed by atoms with van der Waals surface area (Å²) in [4.78, 5) is 26.0. The molecule has 2 aromatic carbocycles. The monoisotopic (exact) mass is 463 g/mol. The summed E-state index contributed by atoms with van der Waals surface area (Å²) in [6, 6.07) is 15.4. The number of anilines is 1. The quantitative estimate of drug-likeness (QED) is 0.282. The third kappa shape index (κ3) is 4.80. The number of fused-ring (bicyclic) bond motifs is 3. The maximum atomic E-state index is 13.1. The minimum Gasteiger partial charge on any atom is -0.325 e. The number of amides is 1. The van der Waals surface area contributed by atoms with Crippen molar-refractivity contribution in [3.05, 3.63) is 64.4 Å². The van der Waals surface area contributed by atoms with Crippen LogP contribution in [0.25, 0.3) is 16.7 Å². The van der Waals surface area contributed by atoms with Gasteiger partial charge in [0, 0.05) is 12.2 Å². The predicted molar refractivity (Wildman–Crippen MR) is 134 cm³/mol. The molecule has 7 nitrogen and oxygen atoms in total. The van der Waals surface area contributed by atoms with Crippen molar-refractivity contribution in [1.29, 1.82) is 0 Å². The SMILES string of the molecule is CCCCCn1c(=O)c2ccccc2n2c(SC(C)C(=O)Nc3ccc(CC)cc3)nnc12. The van der Waals surface area contributed by atoms with Crippen molar-refractivity contribution in [3.63, 3.8) is 0 Å². The summed E-state index contributed by atoms with van der Waals surface area (Å²) in [6.45, 7) is 6.67. The van der Waals surface area contributed by atoms with E-state index in [0.717, 1.165) is 36.9 Å². The van der Waals surface area contributed by atoms with Crippen LogP contribution in [0.3, 0.4) is 0 Å². The van der Waals surface area contributed by atoms with Crippen LogP contribution in [0.1, 0.15) is 45.6 Å². The van der Waals surface area contributed by atoms with Crippen LogP contribution in [0.5, 0.6) is 0 Å². The molecule has 0 bridgehead atoms. The van der Waals surface area contributed by atoms with Gasteiger partial charge in [0.1, 0.15) is 0 Å². The fraction of sp³-hybridized carbons (Fsp3) is 0.360. The Bertz CT molecular complexity index is 1330. The maximum absolute atomic E-state index is 13.1. The number of aryl methyl sites for hydroxylation is 2. The van der Waals surface area contributed by atoms with Gasteiger partial charge < -0.3 is 5.32 Å². The number of nitrogens with zero attached hydrogens (tertiary/aromatic N) is 4. The smallest absolute Gasteiger partial charge is 0.262 e. The van der Waals surface area contributed by atoms with E-state index in [4.69, 9.17) is 0 Å². The zero-order valence-corrected chi connectivity index (χ0v) is 20.1. The Morgan fingerprint density at radius 1 is 1.06 bits per heavy atom. The van der Waals surface area contributed by atoms with Gasteiger partial charge in [0.05, 0.1) is 16.2 Å². The molecule has 8 heteroatoms. The Morgan fingerprint density at radius 3 is 2.55 bits per heavy atom. The number of benzene rings is 2. The number of unbranched alkanes of at least 4 members (excludes halogenated alkanes) is 2. The van der Waals surface area contributed by atoms with Crippen LogP contribution in [0.15, 0.2) is 58.5 Å². The molecule has 0 saturated carbocycles. The molecule has 2 heterocycles. The largest absolute Gasteiger partial charge is 0.325 e. The first-order valence-corrected chi connectivity index (χ1v) is 12.3. The number of thioether (sulfide) groups is 1. The van der Waals surface area contributed by atoms with Gasteiger partial charge in [-0.05, 0) is 49.6 Å². The van der Waals surface area contributed by atoms with Crippen LogP contribution in [0, 0.1) is 0 Å². The summed E-state index contributed by atoms with van der Waals surface area (Å²) in [7, 11) is 0. The minimum atomic E-state index is -0.400. The lowest BCUT2D eigenvalue weighted by Crippen LogP contribution is -2.24. The van der Waals surface area contributed by atoms with E-state index in [-0.39, 0.29) is 11.5 Å². The van der Waals surface area contributed by atoms with Gasteiger partial charge in [0.15, 0.2) is 5.16 Å². The van der Waals surface area contributed by atoms with E-state index in [9.17, 15) is 9.59 Å². The topological polar surface area (TPSA) is 81.3 Å². The van der Waals surface area contributed by atoms with Gasteiger partial charge in [-0.3, -0.25) is 18.6 Å². The van der Waals surface area contributed by atoms with Gasteiger partial charge >= 0.3 is 0 Å². The molecule has 1 amide bonds. The second-order valence-electron chi connectivity index (χ2n) is 8.10. The van der Waals surface area contributed by atoms with E-state index in [1.807, 2.05) is 59.9 Å². The summed E-state index contributed by atoms with van der Waals surface area (Å²) in [6.07, 6.45) is 3.96. The standard InChI is InChI=1S/C25H29N5O2S/c1-4-6-9-16-29-23(32)20-10-7-8-11-21(20)30-24(29)27-28-25(30)33-17(3)22(31)26-19-14-12-18(5-2)13-15-19/h7-8,10-15,17H,4-6,9,16H2,1-3H3,(H,26,31). The molecule has 172 valence electrons. The number of rotatable bonds is 9. The van der Waals surface area contributed by atoms with Crippen molar-refractivity contribution in [3.8, 4) is 0 Å². The second kappa shape index (κ2) is 10.2. The number of carbonyl (C=O) groups is 1.